The standard InChI is InChI=1S/C52H38N4/c53-34-35-20-29-45-47(32-35)52(30-8-3-9-31-52)46-19-11-18-44(48(45)46)43-17-10-16-42(33-43)38-23-21-36(22-24-38)37-25-27-41(28-26-37)51-55-49(39-12-4-1-5-13-39)54-50(56-51)40-14-6-2-7-15-40/h1-2,4-7,10-29,32-33H,3,8-9,30-31H2. The van der Waals surface area contributed by atoms with Crippen LogP contribution >= 0.6 is 0 Å². The molecule has 2 aliphatic rings. The molecule has 1 spiro atoms. The molecule has 0 N–H and O–H groups in total. The maximum absolute atomic E-state index is 9.81. The fraction of sp³-hybridized carbons (Fsp3) is 0.115. The van der Waals surface area contributed by atoms with E-state index in [9.17, 15) is 5.26 Å². The van der Waals surface area contributed by atoms with Crippen LogP contribution in [0.3, 0.4) is 0 Å². The molecule has 0 radical (unpaired) electrons. The zero-order valence-electron chi connectivity index (χ0n) is 31.0. The van der Waals surface area contributed by atoms with Crippen molar-refractivity contribution in [1.82, 2.24) is 15.0 Å². The summed E-state index contributed by atoms with van der Waals surface area (Å²) in [5, 5.41) is 9.81. The van der Waals surface area contributed by atoms with Crippen LogP contribution in [-0.4, -0.2) is 15.0 Å². The Kier molecular flexibility index (Phi) is 8.42. The van der Waals surface area contributed by atoms with E-state index in [4.69, 9.17) is 15.0 Å². The van der Waals surface area contributed by atoms with Crippen molar-refractivity contribution in [3.05, 3.63) is 187 Å². The number of aromatic nitrogens is 3. The van der Waals surface area contributed by atoms with Gasteiger partial charge in [-0.2, -0.15) is 5.26 Å². The number of rotatable bonds is 6. The summed E-state index contributed by atoms with van der Waals surface area (Å²) in [6.07, 6.45) is 6.01. The van der Waals surface area contributed by atoms with Crippen LogP contribution < -0.4 is 0 Å². The minimum absolute atomic E-state index is 0.00103. The Labute approximate surface area is 327 Å². The first kappa shape index (κ1) is 33.6. The van der Waals surface area contributed by atoms with Gasteiger partial charge in [-0.1, -0.05) is 171 Å². The Hall–Kier alpha value is -6.96. The fourth-order valence-electron chi connectivity index (χ4n) is 9.02. The Morgan fingerprint density at radius 1 is 0.393 bits per heavy atom. The smallest absolute Gasteiger partial charge is 0.164 e. The Balaban J connectivity index is 0.951. The minimum atomic E-state index is -0.00103. The van der Waals surface area contributed by atoms with Gasteiger partial charge < -0.3 is 0 Å². The number of hydrogen-bond acceptors (Lipinski definition) is 4. The average Bonchev–Trinajstić information content (AvgIpc) is 3.55. The predicted molar refractivity (Wildman–Crippen MR) is 226 cm³/mol. The second-order valence-corrected chi connectivity index (χ2v) is 15.0. The first-order valence-electron chi connectivity index (χ1n) is 19.5. The van der Waals surface area contributed by atoms with Crippen LogP contribution in [-0.2, 0) is 5.41 Å². The Morgan fingerprint density at radius 3 is 1.48 bits per heavy atom. The normalized spacial score (nSPS) is 13.8. The molecule has 56 heavy (non-hydrogen) atoms. The van der Waals surface area contributed by atoms with Crippen molar-refractivity contribution in [3.8, 4) is 84.7 Å². The third kappa shape index (κ3) is 5.90. The summed E-state index contributed by atoms with van der Waals surface area (Å²) in [6, 6.07) is 62.0. The molecule has 0 saturated heterocycles. The van der Waals surface area contributed by atoms with E-state index in [1.165, 1.54) is 63.8 Å². The van der Waals surface area contributed by atoms with E-state index in [2.05, 4.69) is 109 Å². The van der Waals surface area contributed by atoms with Gasteiger partial charge in [-0.25, -0.2) is 15.0 Å². The van der Waals surface area contributed by atoms with Gasteiger partial charge in [-0.3, -0.25) is 0 Å². The molecule has 1 fully saturated rings. The van der Waals surface area contributed by atoms with Gasteiger partial charge in [0, 0.05) is 22.1 Å². The van der Waals surface area contributed by atoms with Crippen molar-refractivity contribution in [3.63, 3.8) is 0 Å². The predicted octanol–water partition coefficient (Wildman–Crippen LogP) is 13.0. The lowest BCUT2D eigenvalue weighted by Crippen LogP contribution is -2.28. The Morgan fingerprint density at radius 2 is 0.893 bits per heavy atom. The molecule has 0 atom stereocenters. The maximum Gasteiger partial charge on any atom is 0.164 e. The highest BCUT2D eigenvalue weighted by molar-refractivity contribution is 5.94. The quantitative estimate of drug-likeness (QED) is 0.172. The molecule has 2 aliphatic carbocycles. The van der Waals surface area contributed by atoms with E-state index < -0.39 is 0 Å². The molecule has 0 aliphatic heterocycles. The van der Waals surface area contributed by atoms with Gasteiger partial charge in [0.25, 0.3) is 0 Å². The van der Waals surface area contributed by atoms with Crippen molar-refractivity contribution in [1.29, 1.82) is 5.26 Å². The van der Waals surface area contributed by atoms with Crippen LogP contribution in [0.2, 0.25) is 0 Å². The SMILES string of the molecule is N#Cc1ccc2c(c1)C1(CCCCC1)c1cccc(-c3cccc(-c4ccc(-c5ccc(-c6nc(-c7ccccc7)nc(-c7ccccc7)n6)cc5)cc4)c3)c1-2. The zero-order valence-corrected chi connectivity index (χ0v) is 31.0. The highest BCUT2D eigenvalue weighted by atomic mass is 15.0. The number of nitrogens with zero attached hydrogens (tertiary/aromatic N) is 4. The molecule has 0 bridgehead atoms. The second-order valence-electron chi connectivity index (χ2n) is 15.0. The summed E-state index contributed by atoms with van der Waals surface area (Å²) >= 11 is 0. The molecule has 0 unspecified atom stereocenters. The average molecular weight is 719 g/mol. The van der Waals surface area contributed by atoms with Gasteiger partial charge in [-0.05, 0) is 86.7 Å². The van der Waals surface area contributed by atoms with Crippen LogP contribution in [0.5, 0.6) is 0 Å². The van der Waals surface area contributed by atoms with Crippen molar-refractivity contribution >= 4 is 0 Å². The van der Waals surface area contributed by atoms with Gasteiger partial charge in [0.15, 0.2) is 17.5 Å². The van der Waals surface area contributed by atoms with E-state index in [0.717, 1.165) is 46.2 Å². The van der Waals surface area contributed by atoms with Crippen molar-refractivity contribution in [2.45, 2.75) is 37.5 Å². The van der Waals surface area contributed by atoms with E-state index in [-0.39, 0.29) is 5.41 Å². The molecular weight excluding hydrogens is 681 g/mol. The van der Waals surface area contributed by atoms with Gasteiger partial charge >= 0.3 is 0 Å². The molecule has 1 saturated carbocycles. The molecule has 10 rings (SSSR count). The van der Waals surface area contributed by atoms with Crippen LogP contribution in [0.1, 0.15) is 48.8 Å². The van der Waals surface area contributed by atoms with Crippen LogP contribution in [0, 0.1) is 11.3 Å². The van der Waals surface area contributed by atoms with E-state index >= 15 is 0 Å². The molecule has 1 heterocycles. The van der Waals surface area contributed by atoms with Crippen molar-refractivity contribution in [2.24, 2.45) is 0 Å². The molecular formula is C52H38N4. The number of benzene rings is 7. The van der Waals surface area contributed by atoms with Gasteiger partial charge in [0.2, 0.25) is 0 Å². The lowest BCUT2D eigenvalue weighted by atomic mass is 9.67. The molecule has 7 aromatic carbocycles. The lowest BCUT2D eigenvalue weighted by Gasteiger charge is -2.36. The van der Waals surface area contributed by atoms with E-state index in [0.29, 0.717) is 17.5 Å². The molecule has 1 aromatic heterocycles. The van der Waals surface area contributed by atoms with Gasteiger partial charge in [-0.15, -0.1) is 0 Å². The molecule has 4 heteroatoms. The van der Waals surface area contributed by atoms with Crippen LogP contribution in [0.15, 0.2) is 170 Å². The number of fused-ring (bicyclic) bond motifs is 5. The summed E-state index contributed by atoms with van der Waals surface area (Å²) in [4.78, 5) is 14.6. The maximum atomic E-state index is 9.81. The van der Waals surface area contributed by atoms with Crippen LogP contribution in [0.4, 0.5) is 0 Å². The van der Waals surface area contributed by atoms with Crippen molar-refractivity contribution < 1.29 is 0 Å². The third-order valence-corrected chi connectivity index (χ3v) is 11.8. The summed E-state index contributed by atoms with van der Waals surface area (Å²) in [5.74, 6) is 1.96. The first-order valence-corrected chi connectivity index (χ1v) is 19.5. The molecule has 8 aromatic rings. The Bertz CT molecular complexity index is 2700. The summed E-state index contributed by atoms with van der Waals surface area (Å²) < 4.78 is 0. The largest absolute Gasteiger partial charge is 0.208 e. The van der Waals surface area contributed by atoms with Gasteiger partial charge in [0.05, 0.1) is 11.6 Å². The first-order chi connectivity index (χ1) is 27.7. The lowest BCUT2D eigenvalue weighted by molar-refractivity contribution is 0.353. The summed E-state index contributed by atoms with van der Waals surface area (Å²) in [5.41, 5.74) is 16.1. The monoisotopic (exact) mass is 718 g/mol. The second kappa shape index (κ2) is 14.0. The minimum Gasteiger partial charge on any atom is -0.208 e. The summed E-state index contributed by atoms with van der Waals surface area (Å²) in [7, 11) is 0. The molecule has 266 valence electrons. The van der Waals surface area contributed by atoms with Crippen LogP contribution in [0.25, 0.3) is 78.7 Å². The molecule has 0 amide bonds. The van der Waals surface area contributed by atoms with Crippen molar-refractivity contribution in [2.75, 3.05) is 0 Å². The fourth-order valence-corrected chi connectivity index (χ4v) is 9.02. The van der Waals surface area contributed by atoms with Gasteiger partial charge in [0.1, 0.15) is 0 Å². The zero-order chi connectivity index (χ0) is 37.5. The highest BCUT2D eigenvalue weighted by Gasteiger charge is 2.44. The summed E-state index contributed by atoms with van der Waals surface area (Å²) in [6.45, 7) is 0. The number of nitriles is 1. The number of hydrogen-bond donors (Lipinski definition) is 0. The van der Waals surface area contributed by atoms with E-state index in [1.807, 2.05) is 66.7 Å². The highest BCUT2D eigenvalue weighted by Crippen LogP contribution is 2.58. The molecule has 4 nitrogen and oxygen atoms in total. The van der Waals surface area contributed by atoms with E-state index in [1.54, 1.807) is 0 Å². The topological polar surface area (TPSA) is 62.5 Å². The third-order valence-electron chi connectivity index (χ3n) is 11.8.